The number of nitrogens with zero attached hydrogens (tertiary/aromatic N) is 1. The van der Waals surface area contributed by atoms with Gasteiger partial charge >= 0.3 is 0 Å². The van der Waals surface area contributed by atoms with Crippen LogP contribution in [0.4, 0.5) is 0 Å². The van der Waals surface area contributed by atoms with Gasteiger partial charge in [-0.3, -0.25) is 4.90 Å². The Balaban J connectivity index is 1.96. The van der Waals surface area contributed by atoms with Crippen LogP contribution < -0.4 is 0 Å². The van der Waals surface area contributed by atoms with Gasteiger partial charge in [-0.15, -0.1) is 0 Å². The van der Waals surface area contributed by atoms with Crippen molar-refractivity contribution in [3.05, 3.63) is 70.2 Å². The summed E-state index contributed by atoms with van der Waals surface area (Å²) in [5.41, 5.74) is 3.13. The molecule has 1 atom stereocenters. The van der Waals surface area contributed by atoms with E-state index in [4.69, 9.17) is 11.6 Å². The second-order valence-electron chi connectivity index (χ2n) is 5.21. The summed E-state index contributed by atoms with van der Waals surface area (Å²) in [6.07, 6.45) is -0.526. The molecule has 20 heavy (non-hydrogen) atoms. The molecule has 0 aliphatic heterocycles. The molecule has 0 aliphatic rings. The van der Waals surface area contributed by atoms with E-state index in [0.717, 1.165) is 17.7 Å². The summed E-state index contributed by atoms with van der Waals surface area (Å²) >= 11 is 6.10. The zero-order chi connectivity index (χ0) is 14.5. The van der Waals surface area contributed by atoms with Crippen molar-refractivity contribution in [2.45, 2.75) is 19.6 Å². The van der Waals surface area contributed by atoms with E-state index in [0.29, 0.717) is 11.6 Å². The molecule has 2 rings (SSSR count). The van der Waals surface area contributed by atoms with Crippen molar-refractivity contribution < 1.29 is 5.11 Å². The lowest BCUT2D eigenvalue weighted by molar-refractivity contribution is 0.124. The van der Waals surface area contributed by atoms with Gasteiger partial charge in [-0.25, -0.2) is 0 Å². The van der Waals surface area contributed by atoms with Crippen molar-refractivity contribution >= 4 is 11.6 Å². The topological polar surface area (TPSA) is 23.5 Å². The highest BCUT2D eigenvalue weighted by molar-refractivity contribution is 6.31. The molecular weight excluding hydrogens is 270 g/mol. The molecule has 0 radical (unpaired) electrons. The van der Waals surface area contributed by atoms with Gasteiger partial charge < -0.3 is 5.11 Å². The van der Waals surface area contributed by atoms with Crippen molar-refractivity contribution in [2.24, 2.45) is 0 Å². The lowest BCUT2D eigenvalue weighted by Crippen LogP contribution is -2.24. The van der Waals surface area contributed by atoms with Crippen LogP contribution in [0.5, 0.6) is 0 Å². The van der Waals surface area contributed by atoms with E-state index in [9.17, 15) is 5.11 Å². The molecule has 0 aliphatic carbocycles. The van der Waals surface area contributed by atoms with E-state index in [1.54, 1.807) is 0 Å². The molecule has 2 aromatic rings. The highest BCUT2D eigenvalue weighted by Gasteiger charge is 2.12. The lowest BCUT2D eigenvalue weighted by atomic mass is 10.1. The Kier molecular flexibility index (Phi) is 5.18. The summed E-state index contributed by atoms with van der Waals surface area (Å²) in [6, 6.07) is 16.0. The Hall–Kier alpha value is -1.35. The molecule has 0 amide bonds. The average Bonchev–Trinajstić information content (AvgIpc) is 2.42. The van der Waals surface area contributed by atoms with Crippen LogP contribution in [0.25, 0.3) is 0 Å². The predicted molar refractivity (Wildman–Crippen MR) is 83.9 cm³/mol. The van der Waals surface area contributed by atoms with Gasteiger partial charge in [0.2, 0.25) is 0 Å². The maximum absolute atomic E-state index is 10.3. The molecule has 1 N–H and O–H groups in total. The molecule has 0 fully saturated rings. The fraction of sp³-hybridized carbons (Fsp3) is 0.294. The number of halogens is 1. The smallest absolute Gasteiger partial charge is 0.0917 e. The van der Waals surface area contributed by atoms with Crippen LogP contribution in [0.3, 0.4) is 0 Å². The van der Waals surface area contributed by atoms with E-state index in [-0.39, 0.29) is 0 Å². The number of aliphatic hydroxyl groups is 1. The van der Waals surface area contributed by atoms with Gasteiger partial charge in [0.15, 0.2) is 0 Å². The first-order valence-electron chi connectivity index (χ1n) is 6.73. The largest absolute Gasteiger partial charge is 0.387 e. The summed E-state index contributed by atoms with van der Waals surface area (Å²) in [5.74, 6) is 0. The van der Waals surface area contributed by atoms with Gasteiger partial charge in [-0.05, 0) is 36.7 Å². The third-order valence-electron chi connectivity index (χ3n) is 3.36. The minimum Gasteiger partial charge on any atom is -0.387 e. The second kappa shape index (κ2) is 6.89. The SMILES string of the molecule is Cc1ccc(C(O)CN(C)Cc2ccccc2)cc1Cl. The van der Waals surface area contributed by atoms with Crippen LogP contribution in [-0.2, 0) is 6.54 Å². The first kappa shape index (κ1) is 15.0. The van der Waals surface area contributed by atoms with Crippen molar-refractivity contribution in [1.29, 1.82) is 0 Å². The first-order valence-corrected chi connectivity index (χ1v) is 7.10. The number of hydrogen-bond acceptors (Lipinski definition) is 2. The molecule has 106 valence electrons. The lowest BCUT2D eigenvalue weighted by Gasteiger charge is -2.21. The zero-order valence-electron chi connectivity index (χ0n) is 11.9. The molecule has 3 heteroatoms. The fourth-order valence-corrected chi connectivity index (χ4v) is 2.37. The standard InChI is InChI=1S/C17H20ClNO/c1-13-8-9-15(10-16(13)18)17(20)12-19(2)11-14-6-4-3-5-7-14/h3-10,17,20H,11-12H2,1-2H3. The van der Waals surface area contributed by atoms with Gasteiger partial charge in [0.05, 0.1) is 6.10 Å². The van der Waals surface area contributed by atoms with Gasteiger partial charge in [0.25, 0.3) is 0 Å². The van der Waals surface area contributed by atoms with E-state index >= 15 is 0 Å². The molecule has 0 saturated carbocycles. The molecule has 1 unspecified atom stereocenters. The highest BCUT2D eigenvalue weighted by atomic mass is 35.5. The minimum atomic E-state index is -0.526. The van der Waals surface area contributed by atoms with Crippen molar-refractivity contribution in [2.75, 3.05) is 13.6 Å². The normalized spacial score (nSPS) is 12.7. The van der Waals surface area contributed by atoms with Gasteiger partial charge in [-0.1, -0.05) is 54.1 Å². The maximum Gasteiger partial charge on any atom is 0.0917 e. The molecule has 0 saturated heterocycles. The molecular formula is C17H20ClNO. The summed E-state index contributed by atoms with van der Waals surface area (Å²) in [6.45, 7) is 3.35. The van der Waals surface area contributed by atoms with Crippen LogP contribution in [0, 0.1) is 6.92 Å². The molecule has 0 bridgehead atoms. The molecule has 0 heterocycles. The van der Waals surface area contributed by atoms with E-state index in [1.165, 1.54) is 5.56 Å². The predicted octanol–water partition coefficient (Wildman–Crippen LogP) is 3.81. The number of benzene rings is 2. The Morgan fingerprint density at radius 3 is 2.50 bits per heavy atom. The number of rotatable bonds is 5. The van der Waals surface area contributed by atoms with Crippen LogP contribution in [-0.4, -0.2) is 23.6 Å². The van der Waals surface area contributed by atoms with Gasteiger partial charge in [-0.2, -0.15) is 0 Å². The van der Waals surface area contributed by atoms with E-state index in [2.05, 4.69) is 17.0 Å². The van der Waals surface area contributed by atoms with E-state index in [1.807, 2.05) is 50.4 Å². The van der Waals surface area contributed by atoms with Crippen LogP contribution in [0.1, 0.15) is 22.8 Å². The molecule has 0 spiro atoms. The number of hydrogen-bond donors (Lipinski definition) is 1. The van der Waals surface area contributed by atoms with Crippen LogP contribution >= 0.6 is 11.6 Å². The second-order valence-corrected chi connectivity index (χ2v) is 5.61. The van der Waals surface area contributed by atoms with Gasteiger partial charge in [0, 0.05) is 18.1 Å². The number of aliphatic hydroxyl groups excluding tert-OH is 1. The first-order chi connectivity index (χ1) is 9.56. The minimum absolute atomic E-state index is 0.526. The summed E-state index contributed by atoms with van der Waals surface area (Å²) in [5, 5.41) is 11.0. The van der Waals surface area contributed by atoms with E-state index < -0.39 is 6.10 Å². The van der Waals surface area contributed by atoms with Gasteiger partial charge in [0.1, 0.15) is 0 Å². The average molecular weight is 290 g/mol. The van der Waals surface area contributed by atoms with Crippen molar-refractivity contribution in [1.82, 2.24) is 4.90 Å². The summed E-state index contributed by atoms with van der Waals surface area (Å²) < 4.78 is 0. The third kappa shape index (κ3) is 4.07. The third-order valence-corrected chi connectivity index (χ3v) is 3.77. The number of likely N-dealkylation sites (N-methyl/N-ethyl adjacent to an activating group) is 1. The summed E-state index contributed by atoms with van der Waals surface area (Å²) in [7, 11) is 2.01. The summed E-state index contributed by atoms with van der Waals surface area (Å²) in [4.78, 5) is 2.10. The Morgan fingerprint density at radius 2 is 1.85 bits per heavy atom. The zero-order valence-corrected chi connectivity index (χ0v) is 12.6. The van der Waals surface area contributed by atoms with Crippen LogP contribution in [0.2, 0.25) is 5.02 Å². The van der Waals surface area contributed by atoms with Crippen molar-refractivity contribution in [3.63, 3.8) is 0 Å². The molecule has 2 aromatic carbocycles. The highest BCUT2D eigenvalue weighted by Crippen LogP contribution is 2.22. The monoisotopic (exact) mass is 289 g/mol. The quantitative estimate of drug-likeness (QED) is 0.905. The Bertz CT molecular complexity index is 556. The van der Waals surface area contributed by atoms with Crippen LogP contribution in [0.15, 0.2) is 48.5 Å². The Morgan fingerprint density at radius 1 is 1.15 bits per heavy atom. The molecule has 2 nitrogen and oxygen atoms in total. The maximum atomic E-state index is 10.3. The Labute approximate surface area is 125 Å². The number of aryl methyl sites for hydroxylation is 1. The fourth-order valence-electron chi connectivity index (χ4n) is 2.18. The molecule has 0 aromatic heterocycles. The van der Waals surface area contributed by atoms with Crippen molar-refractivity contribution in [3.8, 4) is 0 Å².